The molecule has 2 aromatic heterocycles. The maximum absolute atomic E-state index is 12.9. The smallest absolute Gasteiger partial charge is 0.257 e. The van der Waals surface area contributed by atoms with Crippen LogP contribution in [0.1, 0.15) is 43.6 Å². The van der Waals surface area contributed by atoms with Crippen molar-refractivity contribution in [3.63, 3.8) is 0 Å². The number of hydrogen-bond donors (Lipinski definition) is 0. The zero-order valence-corrected chi connectivity index (χ0v) is 17.0. The lowest BCUT2D eigenvalue weighted by atomic mass is 10.0. The highest BCUT2D eigenvalue weighted by Crippen LogP contribution is 2.41. The lowest BCUT2D eigenvalue weighted by Crippen LogP contribution is -2.38. The first-order valence-electron chi connectivity index (χ1n) is 9.32. The molecule has 0 radical (unpaired) electrons. The van der Waals surface area contributed by atoms with Crippen LogP contribution in [-0.4, -0.2) is 59.2 Å². The third-order valence-corrected chi connectivity index (χ3v) is 6.48. The van der Waals surface area contributed by atoms with E-state index in [1.54, 1.807) is 29.2 Å². The van der Waals surface area contributed by atoms with Gasteiger partial charge in [-0.05, 0) is 37.5 Å². The van der Waals surface area contributed by atoms with Crippen molar-refractivity contribution in [2.24, 2.45) is 0 Å². The summed E-state index contributed by atoms with van der Waals surface area (Å²) in [6.07, 6.45) is 3.92. The molecule has 0 aromatic carbocycles. The van der Waals surface area contributed by atoms with E-state index >= 15 is 0 Å². The largest absolute Gasteiger partial charge is 0.333 e. The molecule has 28 heavy (non-hydrogen) atoms. The second-order valence-electron chi connectivity index (χ2n) is 7.21. The van der Waals surface area contributed by atoms with Gasteiger partial charge in [-0.25, -0.2) is 0 Å². The number of amides is 3. The molecule has 3 amide bonds. The zero-order chi connectivity index (χ0) is 20.0. The van der Waals surface area contributed by atoms with Crippen molar-refractivity contribution in [2.75, 3.05) is 31.6 Å². The normalized spacial score (nSPS) is 16.8. The van der Waals surface area contributed by atoms with Crippen LogP contribution in [0.15, 0.2) is 18.5 Å². The molecule has 2 aromatic rings. The summed E-state index contributed by atoms with van der Waals surface area (Å²) >= 11 is 1.46. The molecule has 8 heteroatoms. The molecule has 0 saturated heterocycles. The summed E-state index contributed by atoms with van der Waals surface area (Å²) in [7, 11) is 1.66. The minimum absolute atomic E-state index is 0.0580. The summed E-state index contributed by atoms with van der Waals surface area (Å²) < 4.78 is 0. The number of anilines is 1. The van der Waals surface area contributed by atoms with Crippen molar-refractivity contribution in [1.29, 1.82) is 0 Å². The Morgan fingerprint density at radius 3 is 2.75 bits per heavy atom. The predicted octanol–water partition coefficient (Wildman–Crippen LogP) is 2.09. The molecule has 146 valence electrons. The molecule has 0 bridgehead atoms. The first kappa shape index (κ1) is 18.6. The van der Waals surface area contributed by atoms with Crippen molar-refractivity contribution >= 4 is 34.1 Å². The second-order valence-corrected chi connectivity index (χ2v) is 8.29. The van der Waals surface area contributed by atoms with Gasteiger partial charge in [0.05, 0.1) is 17.7 Å². The van der Waals surface area contributed by atoms with Gasteiger partial charge in [0.15, 0.2) is 0 Å². The van der Waals surface area contributed by atoms with Crippen LogP contribution in [0, 0.1) is 6.92 Å². The van der Waals surface area contributed by atoms with Gasteiger partial charge in [0, 0.05) is 37.4 Å². The number of hydrogen-bond acceptors (Lipinski definition) is 5. The molecule has 2 aliphatic heterocycles. The van der Waals surface area contributed by atoms with Crippen molar-refractivity contribution in [2.45, 2.75) is 26.8 Å². The van der Waals surface area contributed by atoms with Crippen LogP contribution in [0.5, 0.6) is 0 Å². The lowest BCUT2D eigenvalue weighted by molar-refractivity contribution is -0.118. The Kier molecular flexibility index (Phi) is 4.66. The van der Waals surface area contributed by atoms with E-state index in [1.165, 1.54) is 16.2 Å². The molecule has 7 nitrogen and oxygen atoms in total. The number of rotatable bonds is 2. The van der Waals surface area contributed by atoms with E-state index < -0.39 is 0 Å². The fourth-order valence-corrected chi connectivity index (χ4v) is 5.25. The molecule has 0 fully saturated rings. The summed E-state index contributed by atoms with van der Waals surface area (Å²) in [5.74, 6) is -0.244. The third-order valence-electron chi connectivity index (χ3n) is 5.24. The topological polar surface area (TPSA) is 73.8 Å². The highest BCUT2D eigenvalue weighted by molar-refractivity contribution is 7.17. The minimum Gasteiger partial charge on any atom is -0.333 e. The summed E-state index contributed by atoms with van der Waals surface area (Å²) in [5.41, 5.74) is 3.14. The monoisotopic (exact) mass is 398 g/mol. The molecule has 0 N–H and O–H groups in total. The molecule has 0 atom stereocenters. The summed E-state index contributed by atoms with van der Waals surface area (Å²) in [5, 5.41) is 0.721. The van der Waals surface area contributed by atoms with Crippen LogP contribution in [0.2, 0.25) is 0 Å². The Hall–Kier alpha value is -2.74. The van der Waals surface area contributed by atoms with Gasteiger partial charge in [-0.3, -0.25) is 19.4 Å². The average Bonchev–Trinajstić information content (AvgIpc) is 3.01. The van der Waals surface area contributed by atoms with Gasteiger partial charge in [0.2, 0.25) is 5.91 Å². The number of aryl methyl sites for hydroxylation is 1. The Balaban J connectivity index is 1.69. The molecule has 0 aliphatic carbocycles. The van der Waals surface area contributed by atoms with E-state index in [-0.39, 0.29) is 24.3 Å². The number of thiophene rings is 1. The molecule has 4 rings (SSSR count). The van der Waals surface area contributed by atoms with Gasteiger partial charge in [-0.15, -0.1) is 11.3 Å². The van der Waals surface area contributed by atoms with Crippen LogP contribution in [0.25, 0.3) is 0 Å². The number of fused-ring (bicyclic) bond motifs is 3. The fraction of sp³-hybridized carbons (Fsp3) is 0.400. The Labute approximate surface area is 167 Å². The Morgan fingerprint density at radius 2 is 2.04 bits per heavy atom. The van der Waals surface area contributed by atoms with Gasteiger partial charge in [-0.2, -0.15) is 0 Å². The molecule has 0 unspecified atom stereocenters. The van der Waals surface area contributed by atoms with E-state index in [4.69, 9.17) is 0 Å². The third kappa shape index (κ3) is 2.97. The molecular formula is C20H22N4O3S. The quantitative estimate of drug-likeness (QED) is 0.776. The number of carbonyl (C=O) groups excluding carboxylic acids is 3. The molecule has 0 spiro atoms. The first-order valence-corrected chi connectivity index (χ1v) is 10.1. The second kappa shape index (κ2) is 7.01. The van der Waals surface area contributed by atoms with Gasteiger partial charge in [0.25, 0.3) is 11.8 Å². The first-order chi connectivity index (χ1) is 13.4. The van der Waals surface area contributed by atoms with E-state index in [0.717, 1.165) is 21.0 Å². The predicted molar refractivity (Wildman–Crippen MR) is 107 cm³/mol. The van der Waals surface area contributed by atoms with E-state index in [1.807, 2.05) is 19.9 Å². The van der Waals surface area contributed by atoms with Crippen LogP contribution >= 0.6 is 11.3 Å². The van der Waals surface area contributed by atoms with E-state index in [2.05, 4.69) is 4.98 Å². The van der Waals surface area contributed by atoms with Crippen molar-refractivity contribution in [3.05, 3.63) is 45.6 Å². The highest BCUT2D eigenvalue weighted by Gasteiger charge is 2.37. The Morgan fingerprint density at radius 1 is 1.25 bits per heavy atom. The number of nitrogens with zero attached hydrogens (tertiary/aromatic N) is 4. The maximum atomic E-state index is 12.9. The average molecular weight is 398 g/mol. The van der Waals surface area contributed by atoms with Crippen LogP contribution < -0.4 is 4.90 Å². The lowest BCUT2D eigenvalue weighted by Gasteiger charge is -2.27. The molecular weight excluding hydrogens is 376 g/mol. The maximum Gasteiger partial charge on any atom is 0.257 e. The number of aromatic nitrogens is 1. The summed E-state index contributed by atoms with van der Waals surface area (Å²) in [6, 6.07) is 1.84. The van der Waals surface area contributed by atoms with Crippen LogP contribution in [-0.2, 0) is 17.8 Å². The van der Waals surface area contributed by atoms with Crippen LogP contribution in [0.3, 0.4) is 0 Å². The Bertz CT molecular complexity index is 984. The summed E-state index contributed by atoms with van der Waals surface area (Å²) in [4.78, 5) is 48.4. The number of pyridine rings is 1. The summed E-state index contributed by atoms with van der Waals surface area (Å²) in [6.45, 7) is 5.42. The van der Waals surface area contributed by atoms with Crippen LogP contribution in [0.4, 0.5) is 5.00 Å². The highest BCUT2D eigenvalue weighted by atomic mass is 32.1. The van der Waals surface area contributed by atoms with Gasteiger partial charge >= 0.3 is 0 Å². The number of carbonyl (C=O) groups is 3. The number of likely N-dealkylation sites (N-methyl/N-ethyl adjacent to an activating group) is 2. The molecule has 4 heterocycles. The van der Waals surface area contributed by atoms with Crippen molar-refractivity contribution < 1.29 is 14.4 Å². The van der Waals surface area contributed by atoms with Crippen molar-refractivity contribution in [1.82, 2.24) is 14.8 Å². The molecule has 2 aliphatic rings. The molecule has 0 saturated carbocycles. The van der Waals surface area contributed by atoms with Gasteiger partial charge in [-0.1, -0.05) is 0 Å². The SMILES string of the molecule is CCN1C(=O)CN(C)C(=O)c2c1sc1c2CCN(C(=O)c2cncc(C)c2)C1. The van der Waals surface area contributed by atoms with Crippen molar-refractivity contribution in [3.8, 4) is 0 Å². The van der Waals surface area contributed by atoms with E-state index in [9.17, 15) is 14.4 Å². The minimum atomic E-state index is -0.112. The standard InChI is InChI=1S/C20H22N4O3S/c1-4-24-16(25)11-22(3)19(27)17-14-5-6-23(10-15(14)28-20(17)24)18(26)13-7-12(2)8-21-9-13/h7-9H,4-6,10-11H2,1-3H3. The zero-order valence-electron chi connectivity index (χ0n) is 16.2. The van der Waals surface area contributed by atoms with Gasteiger partial charge in [0.1, 0.15) is 11.5 Å². The van der Waals surface area contributed by atoms with E-state index in [0.29, 0.717) is 37.2 Å². The van der Waals surface area contributed by atoms with Gasteiger partial charge < -0.3 is 14.7 Å². The fourth-order valence-electron chi connectivity index (χ4n) is 3.81.